The molecule has 2 aromatic carbocycles. The Morgan fingerprint density at radius 2 is 1.75 bits per heavy atom. The zero-order valence-corrected chi connectivity index (χ0v) is 19.1. The van der Waals surface area contributed by atoms with Crippen LogP contribution >= 0.6 is 24.0 Å². The zero-order valence-electron chi connectivity index (χ0n) is 17.5. The highest BCUT2D eigenvalue weighted by atomic mass is 32.2. The van der Waals surface area contributed by atoms with E-state index in [0.717, 1.165) is 5.56 Å². The number of carbonyl (C=O) groups excluding carboxylic acids is 2. The van der Waals surface area contributed by atoms with Crippen molar-refractivity contribution in [3.05, 3.63) is 59.0 Å². The van der Waals surface area contributed by atoms with Gasteiger partial charge in [0.15, 0.2) is 10.9 Å². The number of methoxy groups -OCH3 is 1. The van der Waals surface area contributed by atoms with Gasteiger partial charge in [-0.2, -0.15) is 0 Å². The molecule has 7 nitrogen and oxygen atoms in total. The number of anilines is 1. The molecule has 2 saturated heterocycles. The van der Waals surface area contributed by atoms with Gasteiger partial charge in [-0.05, 0) is 48.0 Å². The van der Waals surface area contributed by atoms with Crippen molar-refractivity contribution in [2.45, 2.75) is 0 Å². The second-order valence-corrected chi connectivity index (χ2v) is 8.74. The van der Waals surface area contributed by atoms with Crippen LogP contribution in [0.4, 0.5) is 5.69 Å². The van der Waals surface area contributed by atoms with Gasteiger partial charge in [-0.15, -0.1) is 0 Å². The van der Waals surface area contributed by atoms with Crippen LogP contribution in [0.25, 0.3) is 6.08 Å². The van der Waals surface area contributed by atoms with Crippen LogP contribution in [-0.4, -0.2) is 61.1 Å². The van der Waals surface area contributed by atoms with Crippen molar-refractivity contribution in [3.8, 4) is 11.5 Å². The molecular formula is C23H22N2O5S2. The van der Waals surface area contributed by atoms with Crippen LogP contribution in [0.2, 0.25) is 0 Å². The molecule has 0 spiro atoms. The summed E-state index contributed by atoms with van der Waals surface area (Å²) in [4.78, 5) is 28.9. The van der Waals surface area contributed by atoms with E-state index >= 15 is 0 Å². The third kappa shape index (κ3) is 5.12. The molecule has 0 unspecified atom stereocenters. The normalized spacial score (nSPS) is 17.7. The number of thiocarbonyl (C=S) groups is 1. The molecule has 32 heavy (non-hydrogen) atoms. The fraction of sp³-hybridized carbons (Fsp3) is 0.261. The predicted molar refractivity (Wildman–Crippen MR) is 128 cm³/mol. The first kappa shape index (κ1) is 22.3. The fourth-order valence-corrected chi connectivity index (χ4v) is 4.58. The second kappa shape index (κ2) is 10.2. The molecule has 166 valence electrons. The molecule has 2 heterocycles. The summed E-state index contributed by atoms with van der Waals surface area (Å²) in [5.41, 5.74) is 1.54. The minimum atomic E-state index is -0.165. The number of carbonyl (C=O) groups is 2. The van der Waals surface area contributed by atoms with Crippen LogP contribution in [0.5, 0.6) is 11.5 Å². The molecule has 0 radical (unpaired) electrons. The summed E-state index contributed by atoms with van der Waals surface area (Å²) >= 11 is 6.68. The van der Waals surface area contributed by atoms with E-state index in [0.29, 0.717) is 52.7 Å². The summed E-state index contributed by atoms with van der Waals surface area (Å²) in [6.45, 7) is 2.29. The Labute approximate surface area is 195 Å². The molecule has 0 N–H and O–H groups in total. The van der Waals surface area contributed by atoms with Crippen LogP contribution in [0.15, 0.2) is 53.4 Å². The summed E-state index contributed by atoms with van der Waals surface area (Å²) < 4.78 is 16.5. The van der Waals surface area contributed by atoms with Gasteiger partial charge in [-0.25, -0.2) is 0 Å². The molecule has 0 bridgehead atoms. The van der Waals surface area contributed by atoms with Crippen LogP contribution in [-0.2, 0) is 14.3 Å². The van der Waals surface area contributed by atoms with E-state index in [1.165, 1.54) is 16.7 Å². The Morgan fingerprint density at radius 3 is 2.41 bits per heavy atom. The van der Waals surface area contributed by atoms with Crippen molar-refractivity contribution in [2.75, 3.05) is 44.9 Å². The highest BCUT2D eigenvalue weighted by Gasteiger charge is 2.33. The van der Waals surface area contributed by atoms with E-state index < -0.39 is 0 Å². The first-order chi connectivity index (χ1) is 15.5. The van der Waals surface area contributed by atoms with Gasteiger partial charge in [0.25, 0.3) is 11.8 Å². The van der Waals surface area contributed by atoms with Gasteiger partial charge in [0, 0.05) is 13.1 Å². The maximum atomic E-state index is 12.9. The molecule has 9 heteroatoms. The van der Waals surface area contributed by atoms with Gasteiger partial charge < -0.3 is 19.1 Å². The standard InChI is InChI=1S/C23H22N2O5S2/c1-28-18-8-4-17(5-9-18)25-22(27)20(32-23(25)31)14-16-2-6-19(7-3-16)30-15-21(26)24-10-12-29-13-11-24/h2-9,14H,10-13,15H2,1H3/b20-14-. The first-order valence-corrected chi connectivity index (χ1v) is 11.3. The highest BCUT2D eigenvalue weighted by Crippen LogP contribution is 2.36. The molecule has 2 aromatic rings. The number of nitrogens with zero attached hydrogens (tertiary/aromatic N) is 2. The van der Waals surface area contributed by atoms with Gasteiger partial charge in [0.05, 0.1) is 30.9 Å². The fourth-order valence-electron chi connectivity index (χ4n) is 3.28. The van der Waals surface area contributed by atoms with E-state index in [9.17, 15) is 9.59 Å². The average Bonchev–Trinajstić information content (AvgIpc) is 3.11. The summed E-state index contributed by atoms with van der Waals surface area (Å²) in [7, 11) is 1.59. The Morgan fingerprint density at radius 1 is 1.09 bits per heavy atom. The van der Waals surface area contributed by atoms with Crippen molar-refractivity contribution in [1.29, 1.82) is 0 Å². The minimum absolute atomic E-state index is 0.0140. The maximum absolute atomic E-state index is 12.9. The zero-order chi connectivity index (χ0) is 22.5. The van der Waals surface area contributed by atoms with Crippen LogP contribution < -0.4 is 14.4 Å². The third-order valence-electron chi connectivity index (χ3n) is 5.03. The summed E-state index contributed by atoms with van der Waals surface area (Å²) in [5, 5.41) is 0. The molecular weight excluding hydrogens is 448 g/mol. The minimum Gasteiger partial charge on any atom is -0.497 e. The first-order valence-electron chi connectivity index (χ1n) is 10.1. The third-order valence-corrected chi connectivity index (χ3v) is 6.33. The highest BCUT2D eigenvalue weighted by molar-refractivity contribution is 8.27. The Kier molecular flexibility index (Phi) is 7.09. The summed E-state index contributed by atoms with van der Waals surface area (Å²) in [5.74, 6) is 1.08. The average molecular weight is 471 g/mol. The number of morpholine rings is 1. The molecule has 0 atom stereocenters. The number of thioether (sulfide) groups is 1. The van der Waals surface area contributed by atoms with Crippen LogP contribution in [0, 0.1) is 0 Å². The van der Waals surface area contributed by atoms with Crippen LogP contribution in [0.1, 0.15) is 5.56 Å². The number of hydrogen-bond donors (Lipinski definition) is 0. The lowest BCUT2D eigenvalue weighted by atomic mass is 10.2. The summed E-state index contributed by atoms with van der Waals surface area (Å²) in [6.07, 6.45) is 1.80. The van der Waals surface area contributed by atoms with Gasteiger partial charge in [0.2, 0.25) is 0 Å². The van der Waals surface area contributed by atoms with Gasteiger partial charge >= 0.3 is 0 Å². The molecule has 2 fully saturated rings. The number of rotatable bonds is 6. The lowest BCUT2D eigenvalue weighted by Gasteiger charge is -2.26. The lowest BCUT2D eigenvalue weighted by Crippen LogP contribution is -2.42. The molecule has 2 aliphatic heterocycles. The quantitative estimate of drug-likeness (QED) is 0.474. The van der Waals surface area contributed by atoms with Gasteiger partial charge in [-0.3, -0.25) is 14.5 Å². The van der Waals surface area contributed by atoms with Gasteiger partial charge in [-0.1, -0.05) is 36.1 Å². The number of hydrogen-bond acceptors (Lipinski definition) is 7. The van der Waals surface area contributed by atoms with Gasteiger partial charge in [0.1, 0.15) is 11.5 Å². The monoisotopic (exact) mass is 470 g/mol. The molecule has 2 amide bonds. The molecule has 0 aliphatic carbocycles. The number of amides is 2. The van der Waals surface area contributed by atoms with E-state index in [4.69, 9.17) is 26.4 Å². The number of benzene rings is 2. The predicted octanol–water partition coefficient (Wildman–Crippen LogP) is 3.34. The Hall–Kier alpha value is -2.88. The second-order valence-electron chi connectivity index (χ2n) is 7.07. The van der Waals surface area contributed by atoms with Crippen LogP contribution in [0.3, 0.4) is 0 Å². The Balaban J connectivity index is 1.38. The molecule has 2 aliphatic rings. The molecule has 0 saturated carbocycles. The van der Waals surface area contributed by atoms with E-state index in [1.807, 2.05) is 12.1 Å². The topological polar surface area (TPSA) is 68.3 Å². The SMILES string of the molecule is COc1ccc(N2C(=O)/C(=C/c3ccc(OCC(=O)N4CCOCC4)cc3)SC2=S)cc1. The molecule has 4 rings (SSSR count). The molecule has 0 aromatic heterocycles. The summed E-state index contributed by atoms with van der Waals surface area (Å²) in [6, 6.07) is 14.4. The van der Waals surface area contributed by atoms with E-state index in [2.05, 4.69) is 0 Å². The van der Waals surface area contributed by atoms with E-state index in [-0.39, 0.29) is 18.4 Å². The van der Waals surface area contributed by atoms with Crippen molar-refractivity contribution in [3.63, 3.8) is 0 Å². The van der Waals surface area contributed by atoms with Crippen molar-refractivity contribution in [1.82, 2.24) is 4.90 Å². The van der Waals surface area contributed by atoms with Crippen molar-refractivity contribution < 1.29 is 23.8 Å². The largest absolute Gasteiger partial charge is 0.497 e. The van der Waals surface area contributed by atoms with Crippen molar-refractivity contribution >= 4 is 51.9 Å². The number of ether oxygens (including phenoxy) is 3. The van der Waals surface area contributed by atoms with Crippen molar-refractivity contribution in [2.24, 2.45) is 0 Å². The maximum Gasteiger partial charge on any atom is 0.270 e. The Bertz CT molecular complexity index is 1030. The smallest absolute Gasteiger partial charge is 0.270 e. The lowest BCUT2D eigenvalue weighted by molar-refractivity contribution is -0.137. The van der Waals surface area contributed by atoms with E-state index in [1.54, 1.807) is 54.5 Å².